The van der Waals surface area contributed by atoms with Crippen molar-refractivity contribution in [2.75, 3.05) is 25.2 Å². The lowest BCUT2D eigenvalue weighted by atomic mass is 10.0. The number of hydrogen-bond donors (Lipinski definition) is 1. The van der Waals surface area contributed by atoms with Gasteiger partial charge in [-0.05, 0) is 44.2 Å². The van der Waals surface area contributed by atoms with Crippen LogP contribution in [-0.2, 0) is 6.42 Å². The molecule has 0 radical (unpaired) electrons. The first kappa shape index (κ1) is 23.3. The summed E-state index contributed by atoms with van der Waals surface area (Å²) < 4.78 is 17.6. The molecule has 170 valence electrons. The van der Waals surface area contributed by atoms with E-state index in [2.05, 4.69) is 58.6 Å². The molecule has 3 aromatic rings. The molecular formula is C25H32N4O3. The fourth-order valence-electron chi connectivity index (χ4n) is 3.44. The number of nitrogens with one attached hydrogen (secondary N) is 1. The highest BCUT2D eigenvalue weighted by molar-refractivity contribution is 5.98. The maximum absolute atomic E-state index is 5.96. The van der Waals surface area contributed by atoms with Gasteiger partial charge in [0.25, 0.3) is 0 Å². The van der Waals surface area contributed by atoms with Gasteiger partial charge in [-0.15, -0.1) is 0 Å². The molecule has 3 rings (SSSR count). The van der Waals surface area contributed by atoms with Crippen LogP contribution in [0.25, 0.3) is 10.9 Å². The molecule has 32 heavy (non-hydrogen) atoms. The number of rotatable bonds is 11. The van der Waals surface area contributed by atoms with Gasteiger partial charge < -0.3 is 14.2 Å². The standard InChI is InChI=1S/C25H32N4O3/c1-6-30-21-14-20-22(24(32-8-3)23(21)31-7-2)25(27-16-26-20)29-28-15-19-11-9-18(10-12-19)13-17(4)5/h9-12,14-17H,6-8,13H2,1-5H3,(H,26,27,29)/b28-15+. The van der Waals surface area contributed by atoms with Gasteiger partial charge in [-0.1, -0.05) is 38.1 Å². The van der Waals surface area contributed by atoms with Crippen LogP contribution in [0.15, 0.2) is 41.8 Å². The van der Waals surface area contributed by atoms with E-state index in [1.807, 2.05) is 26.8 Å². The normalized spacial score (nSPS) is 11.3. The van der Waals surface area contributed by atoms with Crippen molar-refractivity contribution >= 4 is 22.9 Å². The Labute approximate surface area is 189 Å². The molecule has 0 saturated carbocycles. The van der Waals surface area contributed by atoms with Gasteiger partial charge in [0.1, 0.15) is 6.33 Å². The molecular weight excluding hydrogens is 404 g/mol. The van der Waals surface area contributed by atoms with Gasteiger partial charge in [-0.3, -0.25) is 5.43 Å². The molecule has 0 spiro atoms. The van der Waals surface area contributed by atoms with E-state index in [-0.39, 0.29) is 0 Å². The summed E-state index contributed by atoms with van der Waals surface area (Å²) in [5, 5.41) is 5.10. The van der Waals surface area contributed by atoms with Crippen LogP contribution in [0, 0.1) is 5.92 Å². The molecule has 0 unspecified atom stereocenters. The Morgan fingerprint density at radius 2 is 1.62 bits per heavy atom. The first-order chi connectivity index (χ1) is 15.6. The van der Waals surface area contributed by atoms with Gasteiger partial charge in [0.2, 0.25) is 5.75 Å². The zero-order valence-corrected chi connectivity index (χ0v) is 19.5. The first-order valence-electron chi connectivity index (χ1n) is 11.1. The second-order valence-electron chi connectivity index (χ2n) is 7.66. The van der Waals surface area contributed by atoms with E-state index in [1.165, 1.54) is 11.9 Å². The molecule has 2 aromatic carbocycles. The van der Waals surface area contributed by atoms with Crippen LogP contribution in [0.4, 0.5) is 5.82 Å². The lowest BCUT2D eigenvalue weighted by Crippen LogP contribution is -2.05. The molecule has 1 N–H and O–H groups in total. The summed E-state index contributed by atoms with van der Waals surface area (Å²) in [6, 6.07) is 10.2. The van der Waals surface area contributed by atoms with Gasteiger partial charge in [0.15, 0.2) is 17.3 Å². The summed E-state index contributed by atoms with van der Waals surface area (Å²) in [4.78, 5) is 8.80. The molecule has 0 bridgehead atoms. The molecule has 0 aliphatic carbocycles. The summed E-state index contributed by atoms with van der Waals surface area (Å²) in [6.07, 6.45) is 4.33. The average Bonchev–Trinajstić information content (AvgIpc) is 2.77. The Morgan fingerprint density at radius 3 is 2.28 bits per heavy atom. The molecule has 0 aliphatic rings. The van der Waals surface area contributed by atoms with Crippen LogP contribution in [0.3, 0.4) is 0 Å². The molecule has 0 saturated heterocycles. The van der Waals surface area contributed by atoms with Crippen LogP contribution < -0.4 is 19.6 Å². The number of nitrogens with zero attached hydrogens (tertiary/aromatic N) is 3. The fraction of sp³-hybridized carbons (Fsp3) is 0.400. The summed E-state index contributed by atoms with van der Waals surface area (Å²) in [6.45, 7) is 11.7. The zero-order valence-electron chi connectivity index (χ0n) is 19.5. The van der Waals surface area contributed by atoms with E-state index in [9.17, 15) is 0 Å². The molecule has 0 fully saturated rings. The predicted octanol–water partition coefficient (Wildman–Crippen LogP) is 5.47. The highest BCUT2D eigenvalue weighted by atomic mass is 16.5. The Hall–Kier alpha value is -3.35. The van der Waals surface area contributed by atoms with Crippen LogP contribution in [0.2, 0.25) is 0 Å². The van der Waals surface area contributed by atoms with Crippen LogP contribution in [0.1, 0.15) is 45.7 Å². The van der Waals surface area contributed by atoms with E-state index < -0.39 is 0 Å². The van der Waals surface area contributed by atoms with Gasteiger partial charge >= 0.3 is 0 Å². The van der Waals surface area contributed by atoms with Gasteiger partial charge in [0.05, 0.1) is 36.9 Å². The molecule has 1 heterocycles. The molecule has 7 nitrogen and oxygen atoms in total. The van der Waals surface area contributed by atoms with Crippen molar-refractivity contribution in [2.45, 2.75) is 41.0 Å². The smallest absolute Gasteiger partial charge is 0.204 e. The third-order valence-corrected chi connectivity index (χ3v) is 4.69. The van der Waals surface area contributed by atoms with Crippen molar-refractivity contribution in [3.63, 3.8) is 0 Å². The SMILES string of the molecule is CCOc1cc2ncnc(N/N=C/c3ccc(CC(C)C)cc3)c2c(OCC)c1OCC. The number of hydrazone groups is 1. The fourth-order valence-corrected chi connectivity index (χ4v) is 3.44. The molecule has 0 aliphatic heterocycles. The second-order valence-corrected chi connectivity index (χ2v) is 7.66. The quantitative estimate of drug-likeness (QED) is 0.317. The minimum absolute atomic E-state index is 0.463. The van der Waals surface area contributed by atoms with Gasteiger partial charge in [-0.2, -0.15) is 5.10 Å². The third-order valence-electron chi connectivity index (χ3n) is 4.69. The summed E-state index contributed by atoms with van der Waals surface area (Å²) in [5.74, 6) is 2.86. The van der Waals surface area contributed by atoms with Crippen molar-refractivity contribution in [1.29, 1.82) is 0 Å². The Kier molecular flexibility index (Phi) is 8.25. The Balaban J connectivity index is 1.94. The monoisotopic (exact) mass is 436 g/mol. The average molecular weight is 437 g/mol. The molecule has 1 aromatic heterocycles. The maximum atomic E-state index is 5.96. The van der Waals surface area contributed by atoms with E-state index >= 15 is 0 Å². The van der Waals surface area contributed by atoms with Crippen LogP contribution in [0.5, 0.6) is 17.2 Å². The summed E-state index contributed by atoms with van der Waals surface area (Å²) in [5.41, 5.74) is 6.05. The van der Waals surface area contributed by atoms with Gasteiger partial charge in [-0.25, -0.2) is 9.97 Å². The van der Waals surface area contributed by atoms with Gasteiger partial charge in [0, 0.05) is 6.07 Å². The zero-order chi connectivity index (χ0) is 22.9. The summed E-state index contributed by atoms with van der Waals surface area (Å²) in [7, 11) is 0. The predicted molar refractivity (Wildman–Crippen MR) is 129 cm³/mol. The van der Waals surface area contributed by atoms with Crippen molar-refractivity contribution in [3.05, 3.63) is 47.8 Å². The number of fused-ring (bicyclic) bond motifs is 1. The molecule has 0 amide bonds. The molecule has 0 atom stereocenters. The van der Waals surface area contributed by atoms with E-state index in [0.717, 1.165) is 12.0 Å². The minimum atomic E-state index is 0.463. The third kappa shape index (κ3) is 5.66. The lowest BCUT2D eigenvalue weighted by molar-refractivity contribution is 0.263. The number of ether oxygens (including phenoxy) is 3. The van der Waals surface area contributed by atoms with Crippen molar-refractivity contribution < 1.29 is 14.2 Å². The van der Waals surface area contributed by atoms with Crippen molar-refractivity contribution in [3.8, 4) is 17.2 Å². The van der Waals surface area contributed by atoms with E-state index in [0.29, 0.717) is 59.7 Å². The highest BCUT2D eigenvalue weighted by Crippen LogP contribution is 2.45. The van der Waals surface area contributed by atoms with Crippen molar-refractivity contribution in [2.24, 2.45) is 11.0 Å². The number of aromatic nitrogens is 2. The minimum Gasteiger partial charge on any atom is -0.490 e. The topological polar surface area (TPSA) is 77.9 Å². The number of hydrogen-bond acceptors (Lipinski definition) is 7. The number of anilines is 1. The number of benzene rings is 2. The first-order valence-corrected chi connectivity index (χ1v) is 11.1. The summed E-state index contributed by atoms with van der Waals surface area (Å²) >= 11 is 0. The largest absolute Gasteiger partial charge is 0.490 e. The van der Waals surface area contributed by atoms with Crippen LogP contribution in [-0.4, -0.2) is 36.0 Å². The van der Waals surface area contributed by atoms with Crippen molar-refractivity contribution in [1.82, 2.24) is 9.97 Å². The highest BCUT2D eigenvalue weighted by Gasteiger charge is 2.21. The van der Waals surface area contributed by atoms with Crippen LogP contribution >= 0.6 is 0 Å². The lowest BCUT2D eigenvalue weighted by Gasteiger charge is -2.18. The second kappa shape index (κ2) is 11.3. The van der Waals surface area contributed by atoms with E-state index in [1.54, 1.807) is 6.21 Å². The molecule has 7 heteroatoms. The maximum Gasteiger partial charge on any atom is 0.204 e. The Bertz CT molecular complexity index is 1050. The Morgan fingerprint density at radius 1 is 0.938 bits per heavy atom. The van der Waals surface area contributed by atoms with E-state index in [4.69, 9.17) is 14.2 Å².